The Hall–Kier alpha value is -2.49. The van der Waals surface area contributed by atoms with Crippen molar-refractivity contribution in [2.24, 2.45) is 10.7 Å². The van der Waals surface area contributed by atoms with E-state index in [2.05, 4.69) is 11.6 Å². The van der Waals surface area contributed by atoms with Gasteiger partial charge in [-0.2, -0.15) is 0 Å². The van der Waals surface area contributed by atoms with E-state index < -0.39 is 0 Å². The summed E-state index contributed by atoms with van der Waals surface area (Å²) in [7, 11) is 3.27. The highest BCUT2D eigenvalue weighted by molar-refractivity contribution is 5.94. The van der Waals surface area contributed by atoms with E-state index in [0.717, 1.165) is 22.3 Å². The highest BCUT2D eigenvalue weighted by Gasteiger charge is 2.06. The maximum absolute atomic E-state index is 5.71. The molecule has 1 heterocycles. The number of hydrogen-bond acceptors (Lipinski definition) is 3. The lowest BCUT2D eigenvalue weighted by Gasteiger charge is -1.96. The van der Waals surface area contributed by atoms with E-state index in [-0.39, 0.29) is 0 Å². The Balaban J connectivity index is 2.30. The maximum Gasteiger partial charge on any atom is 0.135 e. The van der Waals surface area contributed by atoms with Crippen LogP contribution < -0.4 is 10.5 Å². The fraction of sp³-hybridized carbons (Fsp3) is 0.133. The molecule has 2 aromatic rings. The summed E-state index contributed by atoms with van der Waals surface area (Å²) in [5.41, 5.74) is 7.12. The van der Waals surface area contributed by atoms with Gasteiger partial charge in [0.2, 0.25) is 0 Å². The van der Waals surface area contributed by atoms with E-state index in [1.807, 2.05) is 24.3 Å². The number of allylic oxidation sites excluding steroid dienone is 2. The third kappa shape index (κ3) is 2.85. The highest BCUT2D eigenvalue weighted by atomic mass is 16.5. The Morgan fingerprint density at radius 3 is 2.84 bits per heavy atom. The molecule has 4 heteroatoms. The molecule has 2 rings (SSSR count). The molecule has 0 saturated heterocycles. The Morgan fingerprint density at radius 1 is 1.37 bits per heavy atom. The summed E-state index contributed by atoms with van der Waals surface area (Å²) in [6, 6.07) is 7.57. The zero-order chi connectivity index (χ0) is 13.8. The second kappa shape index (κ2) is 5.44. The molecule has 0 amide bonds. The van der Waals surface area contributed by atoms with Crippen molar-refractivity contribution in [2.45, 2.75) is 0 Å². The lowest BCUT2D eigenvalue weighted by atomic mass is 10.2. The van der Waals surface area contributed by atoms with Crippen LogP contribution in [0.15, 0.2) is 52.4 Å². The van der Waals surface area contributed by atoms with E-state index in [9.17, 15) is 0 Å². The van der Waals surface area contributed by atoms with Gasteiger partial charge in [0.25, 0.3) is 0 Å². The lowest BCUT2D eigenvalue weighted by molar-refractivity contribution is 0.415. The minimum Gasteiger partial charge on any atom is -0.497 e. The van der Waals surface area contributed by atoms with Gasteiger partial charge in [0, 0.05) is 18.0 Å². The van der Waals surface area contributed by atoms with E-state index in [1.54, 1.807) is 26.3 Å². The smallest absolute Gasteiger partial charge is 0.135 e. The van der Waals surface area contributed by atoms with Crippen molar-refractivity contribution in [1.29, 1.82) is 0 Å². The zero-order valence-electron chi connectivity index (χ0n) is 11.0. The molecule has 0 unspecified atom stereocenters. The van der Waals surface area contributed by atoms with Crippen molar-refractivity contribution >= 4 is 22.4 Å². The minimum atomic E-state index is 0.443. The molecule has 0 aliphatic carbocycles. The number of furan rings is 1. The van der Waals surface area contributed by atoms with Gasteiger partial charge in [-0.3, -0.25) is 4.99 Å². The van der Waals surface area contributed by atoms with Crippen molar-refractivity contribution in [3.05, 3.63) is 48.8 Å². The molecule has 0 radical (unpaired) electrons. The Bertz CT molecular complexity index is 666. The number of rotatable bonds is 4. The van der Waals surface area contributed by atoms with Crippen LogP contribution in [0.2, 0.25) is 0 Å². The number of aliphatic imine (C=N–C) groups is 1. The lowest BCUT2D eigenvalue weighted by Crippen LogP contribution is -2.06. The van der Waals surface area contributed by atoms with Gasteiger partial charge in [0.05, 0.1) is 7.11 Å². The first-order valence-corrected chi connectivity index (χ1v) is 5.81. The summed E-state index contributed by atoms with van der Waals surface area (Å²) < 4.78 is 10.9. The van der Waals surface area contributed by atoms with Crippen LogP contribution in [0.4, 0.5) is 0 Å². The molecule has 0 saturated carbocycles. The Kier molecular flexibility index (Phi) is 3.71. The standard InChI is InChI=1S/C15H16N2O2/c1-10(4-7-15(16)17-2)14-9-11-8-12(18-3)5-6-13(11)19-14/h4-9H,1H2,2-3H3,(H2,16,17)/b7-4-. The summed E-state index contributed by atoms with van der Waals surface area (Å²) >= 11 is 0. The van der Waals surface area contributed by atoms with Gasteiger partial charge < -0.3 is 14.9 Å². The number of methoxy groups -OCH3 is 1. The molecule has 0 aliphatic rings. The minimum absolute atomic E-state index is 0.443. The molecule has 0 fully saturated rings. The summed E-state index contributed by atoms with van der Waals surface area (Å²) in [6.07, 6.45) is 3.47. The van der Waals surface area contributed by atoms with Gasteiger partial charge in [0.15, 0.2) is 0 Å². The third-order valence-corrected chi connectivity index (χ3v) is 2.75. The summed E-state index contributed by atoms with van der Waals surface area (Å²) in [5.74, 6) is 1.94. The number of nitrogens with two attached hydrogens (primary N) is 1. The molecule has 1 aromatic heterocycles. The van der Waals surface area contributed by atoms with Crippen molar-refractivity contribution in [1.82, 2.24) is 0 Å². The molecular formula is C15H16N2O2. The van der Waals surface area contributed by atoms with Crippen LogP contribution >= 0.6 is 0 Å². The van der Waals surface area contributed by atoms with Gasteiger partial charge in [-0.15, -0.1) is 0 Å². The predicted molar refractivity (Wildman–Crippen MR) is 78.5 cm³/mol. The molecule has 2 N–H and O–H groups in total. The van der Waals surface area contributed by atoms with Gasteiger partial charge >= 0.3 is 0 Å². The third-order valence-electron chi connectivity index (χ3n) is 2.75. The molecule has 0 bridgehead atoms. The molecule has 1 aromatic carbocycles. The first kappa shape index (κ1) is 13.0. The Morgan fingerprint density at radius 2 is 2.16 bits per heavy atom. The molecule has 0 spiro atoms. The first-order valence-electron chi connectivity index (χ1n) is 5.81. The monoisotopic (exact) mass is 256 g/mol. The van der Waals surface area contributed by atoms with Crippen LogP contribution in [0.25, 0.3) is 16.5 Å². The second-order valence-corrected chi connectivity index (χ2v) is 4.02. The number of benzene rings is 1. The SMILES string of the molecule is C=C(/C=C\C(N)=NC)c1cc2cc(OC)ccc2o1. The second-order valence-electron chi connectivity index (χ2n) is 4.02. The van der Waals surface area contributed by atoms with Crippen molar-refractivity contribution in [2.75, 3.05) is 14.2 Å². The van der Waals surface area contributed by atoms with E-state index in [1.165, 1.54) is 0 Å². The molecule has 4 nitrogen and oxygen atoms in total. The van der Waals surface area contributed by atoms with Crippen LogP contribution in [-0.4, -0.2) is 20.0 Å². The van der Waals surface area contributed by atoms with E-state index in [0.29, 0.717) is 11.6 Å². The number of hydrogen-bond donors (Lipinski definition) is 1. The fourth-order valence-electron chi connectivity index (χ4n) is 1.65. The van der Waals surface area contributed by atoms with Crippen LogP contribution in [-0.2, 0) is 0 Å². The summed E-state index contributed by atoms with van der Waals surface area (Å²) in [6.45, 7) is 3.95. The van der Waals surface area contributed by atoms with Crippen molar-refractivity contribution < 1.29 is 9.15 Å². The number of ether oxygens (including phenoxy) is 1. The normalized spacial score (nSPS) is 12.2. The highest BCUT2D eigenvalue weighted by Crippen LogP contribution is 2.27. The maximum atomic E-state index is 5.71. The van der Waals surface area contributed by atoms with Gasteiger partial charge in [-0.25, -0.2) is 0 Å². The largest absolute Gasteiger partial charge is 0.497 e. The zero-order valence-corrected chi connectivity index (χ0v) is 11.0. The van der Waals surface area contributed by atoms with Crippen LogP contribution in [0.1, 0.15) is 5.76 Å². The van der Waals surface area contributed by atoms with Crippen LogP contribution in [0.5, 0.6) is 5.75 Å². The predicted octanol–water partition coefficient (Wildman–Crippen LogP) is 3.00. The summed E-state index contributed by atoms with van der Waals surface area (Å²) in [4.78, 5) is 3.84. The average molecular weight is 256 g/mol. The molecule has 0 atom stereocenters. The summed E-state index contributed by atoms with van der Waals surface area (Å²) in [5, 5.41) is 0.973. The van der Waals surface area contributed by atoms with Crippen LogP contribution in [0, 0.1) is 0 Å². The van der Waals surface area contributed by atoms with Gasteiger partial charge in [-0.1, -0.05) is 6.58 Å². The molecule has 0 aliphatic heterocycles. The number of fused-ring (bicyclic) bond motifs is 1. The molecular weight excluding hydrogens is 240 g/mol. The molecule has 19 heavy (non-hydrogen) atoms. The van der Waals surface area contributed by atoms with Crippen molar-refractivity contribution in [3.63, 3.8) is 0 Å². The molecule has 98 valence electrons. The van der Waals surface area contributed by atoms with Gasteiger partial charge in [0.1, 0.15) is 22.9 Å². The first-order chi connectivity index (χ1) is 9.13. The van der Waals surface area contributed by atoms with Crippen LogP contribution in [0.3, 0.4) is 0 Å². The fourth-order valence-corrected chi connectivity index (χ4v) is 1.65. The topological polar surface area (TPSA) is 60.8 Å². The quantitative estimate of drug-likeness (QED) is 0.519. The van der Waals surface area contributed by atoms with Gasteiger partial charge in [-0.05, 0) is 36.4 Å². The van der Waals surface area contributed by atoms with E-state index in [4.69, 9.17) is 14.9 Å². The number of nitrogens with zero attached hydrogens (tertiary/aromatic N) is 1. The number of amidine groups is 1. The Labute approximate surface area is 111 Å². The van der Waals surface area contributed by atoms with Crippen molar-refractivity contribution in [3.8, 4) is 5.75 Å². The van der Waals surface area contributed by atoms with E-state index >= 15 is 0 Å². The average Bonchev–Trinajstić information content (AvgIpc) is 2.86.